The van der Waals surface area contributed by atoms with Crippen LogP contribution in [0.2, 0.25) is 5.02 Å². The molecule has 0 spiro atoms. The lowest BCUT2D eigenvalue weighted by Gasteiger charge is -2.20. The zero-order valence-electron chi connectivity index (χ0n) is 11.0. The minimum absolute atomic E-state index is 0.150. The SMILES string of the molecule is Cc1cc(N2CC(CS(N)(=O)=O)CC2=O)c(N)cc1Cl. The Labute approximate surface area is 122 Å². The van der Waals surface area contributed by atoms with E-state index in [9.17, 15) is 13.2 Å². The molecule has 1 fully saturated rings. The number of nitrogen functional groups attached to an aromatic ring is 1. The number of hydrogen-bond acceptors (Lipinski definition) is 4. The normalized spacial score (nSPS) is 19.6. The topological polar surface area (TPSA) is 106 Å². The Kier molecular flexibility index (Phi) is 3.95. The summed E-state index contributed by atoms with van der Waals surface area (Å²) in [6, 6.07) is 3.32. The molecule has 1 atom stereocenters. The van der Waals surface area contributed by atoms with Gasteiger partial charge in [-0.1, -0.05) is 11.6 Å². The highest BCUT2D eigenvalue weighted by Gasteiger charge is 2.33. The first-order valence-corrected chi connectivity index (χ1v) is 8.13. The number of nitrogens with zero attached hydrogens (tertiary/aromatic N) is 1. The third kappa shape index (κ3) is 3.23. The van der Waals surface area contributed by atoms with Crippen molar-refractivity contribution in [1.82, 2.24) is 0 Å². The molecule has 1 aromatic rings. The molecule has 0 radical (unpaired) electrons. The lowest BCUT2D eigenvalue weighted by Crippen LogP contribution is -2.28. The van der Waals surface area contributed by atoms with Crippen molar-refractivity contribution in [3.8, 4) is 0 Å². The van der Waals surface area contributed by atoms with Crippen molar-refractivity contribution in [3.05, 3.63) is 22.7 Å². The predicted molar refractivity (Wildman–Crippen MR) is 79.0 cm³/mol. The smallest absolute Gasteiger partial charge is 0.227 e. The Morgan fingerprint density at radius 1 is 1.45 bits per heavy atom. The quantitative estimate of drug-likeness (QED) is 0.807. The van der Waals surface area contributed by atoms with Crippen LogP contribution in [-0.2, 0) is 14.8 Å². The van der Waals surface area contributed by atoms with Gasteiger partial charge in [-0.05, 0) is 24.6 Å². The molecule has 1 aliphatic heterocycles. The van der Waals surface area contributed by atoms with Gasteiger partial charge in [-0.2, -0.15) is 0 Å². The van der Waals surface area contributed by atoms with Gasteiger partial charge in [0.1, 0.15) is 0 Å². The van der Waals surface area contributed by atoms with E-state index in [2.05, 4.69) is 0 Å². The molecule has 1 saturated heterocycles. The number of sulfonamides is 1. The maximum absolute atomic E-state index is 12.0. The molecule has 0 bridgehead atoms. The standard InChI is InChI=1S/C12H16ClN3O3S/c1-7-2-11(10(14)4-9(7)13)16-5-8(3-12(16)17)6-20(15,18)19/h2,4,8H,3,5-6,14H2,1H3,(H2,15,18,19). The van der Waals surface area contributed by atoms with Crippen LogP contribution in [0.4, 0.5) is 11.4 Å². The monoisotopic (exact) mass is 317 g/mol. The summed E-state index contributed by atoms with van der Waals surface area (Å²) in [7, 11) is -3.59. The van der Waals surface area contributed by atoms with Crippen molar-refractivity contribution in [2.24, 2.45) is 11.1 Å². The second kappa shape index (κ2) is 5.23. The van der Waals surface area contributed by atoms with Crippen LogP contribution in [-0.4, -0.2) is 26.6 Å². The number of rotatable bonds is 3. The summed E-state index contributed by atoms with van der Waals surface area (Å²) in [5, 5.41) is 5.55. The van der Waals surface area contributed by atoms with E-state index in [0.717, 1.165) is 5.56 Å². The molecule has 1 aromatic carbocycles. The molecule has 1 aliphatic rings. The number of primary sulfonamides is 1. The fourth-order valence-electron chi connectivity index (χ4n) is 2.37. The van der Waals surface area contributed by atoms with Gasteiger partial charge in [-0.3, -0.25) is 4.79 Å². The molecule has 2 rings (SSSR count). The number of nitrogens with two attached hydrogens (primary N) is 2. The molecule has 4 N–H and O–H groups in total. The van der Waals surface area contributed by atoms with Crippen molar-refractivity contribution in [2.75, 3.05) is 22.9 Å². The molecule has 0 saturated carbocycles. The fraction of sp³-hybridized carbons (Fsp3) is 0.417. The van der Waals surface area contributed by atoms with Crippen LogP contribution < -0.4 is 15.8 Å². The Balaban J connectivity index is 2.26. The van der Waals surface area contributed by atoms with E-state index in [0.29, 0.717) is 22.9 Å². The first-order valence-electron chi connectivity index (χ1n) is 6.04. The number of amides is 1. The van der Waals surface area contributed by atoms with E-state index in [1.807, 2.05) is 6.92 Å². The highest BCUT2D eigenvalue weighted by atomic mass is 35.5. The van der Waals surface area contributed by atoms with Gasteiger partial charge in [0.25, 0.3) is 0 Å². The molecule has 110 valence electrons. The zero-order chi connectivity index (χ0) is 15.1. The summed E-state index contributed by atoms with van der Waals surface area (Å²) < 4.78 is 22.2. The minimum atomic E-state index is -3.59. The van der Waals surface area contributed by atoms with E-state index in [1.165, 1.54) is 4.90 Å². The maximum atomic E-state index is 12.0. The van der Waals surface area contributed by atoms with Gasteiger partial charge in [-0.25, -0.2) is 13.6 Å². The van der Waals surface area contributed by atoms with Crippen LogP contribution in [0.25, 0.3) is 0 Å². The molecule has 0 aromatic heterocycles. The molecule has 20 heavy (non-hydrogen) atoms. The van der Waals surface area contributed by atoms with Gasteiger partial charge in [-0.15, -0.1) is 0 Å². The summed E-state index contributed by atoms with van der Waals surface area (Å²) in [6.45, 7) is 2.11. The van der Waals surface area contributed by atoms with Gasteiger partial charge >= 0.3 is 0 Å². The predicted octanol–water partition coefficient (Wildman–Crippen LogP) is 0.872. The third-order valence-electron chi connectivity index (χ3n) is 3.27. The Hall–Kier alpha value is -1.31. The summed E-state index contributed by atoms with van der Waals surface area (Å²) in [4.78, 5) is 13.5. The van der Waals surface area contributed by atoms with Crippen molar-refractivity contribution >= 4 is 38.9 Å². The maximum Gasteiger partial charge on any atom is 0.227 e. The average molecular weight is 318 g/mol. The summed E-state index contributed by atoms with van der Waals surface area (Å²) in [5.41, 5.74) is 7.65. The number of benzene rings is 1. The summed E-state index contributed by atoms with van der Waals surface area (Å²) in [6.07, 6.45) is 0.150. The van der Waals surface area contributed by atoms with Crippen LogP contribution in [0.15, 0.2) is 12.1 Å². The van der Waals surface area contributed by atoms with Crippen LogP contribution >= 0.6 is 11.6 Å². The van der Waals surface area contributed by atoms with Gasteiger partial charge < -0.3 is 10.6 Å². The largest absolute Gasteiger partial charge is 0.397 e. The molecule has 1 amide bonds. The van der Waals surface area contributed by atoms with Crippen LogP contribution in [0.5, 0.6) is 0 Å². The number of carbonyl (C=O) groups is 1. The lowest BCUT2D eigenvalue weighted by molar-refractivity contribution is -0.117. The third-order valence-corrected chi connectivity index (χ3v) is 4.62. The van der Waals surface area contributed by atoms with Crippen LogP contribution in [0.3, 0.4) is 0 Å². The molecular weight excluding hydrogens is 302 g/mol. The van der Waals surface area contributed by atoms with Gasteiger partial charge in [0.2, 0.25) is 15.9 Å². The Morgan fingerprint density at radius 2 is 2.10 bits per heavy atom. The van der Waals surface area contributed by atoms with Gasteiger partial charge in [0.05, 0.1) is 17.1 Å². The highest BCUT2D eigenvalue weighted by molar-refractivity contribution is 7.89. The van der Waals surface area contributed by atoms with E-state index in [1.54, 1.807) is 12.1 Å². The van der Waals surface area contributed by atoms with Crippen molar-refractivity contribution < 1.29 is 13.2 Å². The summed E-state index contributed by atoms with van der Waals surface area (Å²) in [5.74, 6) is -0.679. The highest BCUT2D eigenvalue weighted by Crippen LogP contribution is 2.33. The molecule has 0 aliphatic carbocycles. The van der Waals surface area contributed by atoms with E-state index < -0.39 is 10.0 Å². The van der Waals surface area contributed by atoms with E-state index >= 15 is 0 Å². The number of halogens is 1. The van der Waals surface area contributed by atoms with Crippen molar-refractivity contribution in [1.29, 1.82) is 0 Å². The molecule has 1 heterocycles. The Bertz CT molecular complexity index is 660. The number of hydrogen-bond donors (Lipinski definition) is 2. The molecule has 6 nitrogen and oxygen atoms in total. The average Bonchev–Trinajstić information content (AvgIpc) is 2.62. The van der Waals surface area contributed by atoms with Crippen molar-refractivity contribution in [3.63, 3.8) is 0 Å². The fourth-order valence-corrected chi connectivity index (χ4v) is 3.42. The Morgan fingerprint density at radius 3 is 2.70 bits per heavy atom. The van der Waals surface area contributed by atoms with Gasteiger partial charge in [0, 0.05) is 23.9 Å². The first kappa shape index (κ1) is 15.1. The van der Waals surface area contributed by atoms with E-state index in [-0.39, 0.29) is 24.0 Å². The number of carbonyl (C=O) groups excluding carboxylic acids is 1. The van der Waals surface area contributed by atoms with Crippen LogP contribution in [0.1, 0.15) is 12.0 Å². The van der Waals surface area contributed by atoms with Crippen molar-refractivity contribution in [2.45, 2.75) is 13.3 Å². The first-order chi connectivity index (χ1) is 9.17. The molecule has 8 heteroatoms. The minimum Gasteiger partial charge on any atom is -0.397 e. The van der Waals surface area contributed by atoms with E-state index in [4.69, 9.17) is 22.5 Å². The number of aryl methyl sites for hydroxylation is 1. The van der Waals surface area contributed by atoms with Gasteiger partial charge in [0.15, 0.2) is 0 Å². The molecular formula is C12H16ClN3O3S. The number of anilines is 2. The second-order valence-electron chi connectivity index (χ2n) is 5.06. The lowest BCUT2D eigenvalue weighted by atomic mass is 10.1. The second-order valence-corrected chi connectivity index (χ2v) is 7.13. The van der Waals surface area contributed by atoms with Crippen LogP contribution in [0, 0.1) is 12.8 Å². The molecule has 1 unspecified atom stereocenters. The zero-order valence-corrected chi connectivity index (χ0v) is 12.5. The summed E-state index contributed by atoms with van der Waals surface area (Å²) >= 11 is 5.97.